The zero-order valence-electron chi connectivity index (χ0n) is 12.0. The predicted molar refractivity (Wildman–Crippen MR) is 76.6 cm³/mol. The van der Waals surface area contributed by atoms with Crippen molar-refractivity contribution in [1.29, 1.82) is 0 Å². The van der Waals surface area contributed by atoms with E-state index in [1.54, 1.807) is 0 Å². The van der Waals surface area contributed by atoms with Gasteiger partial charge in [0.15, 0.2) is 0 Å². The first-order chi connectivity index (χ1) is 11.0. The third kappa shape index (κ3) is 3.31. The highest BCUT2D eigenvalue weighted by atomic mass is 19.1. The van der Waals surface area contributed by atoms with Crippen LogP contribution in [0.15, 0.2) is 30.6 Å². The summed E-state index contributed by atoms with van der Waals surface area (Å²) in [4.78, 5) is 22.9. The number of nitrogens with one attached hydrogen (secondary N) is 1. The van der Waals surface area contributed by atoms with Crippen molar-refractivity contribution in [1.82, 2.24) is 15.1 Å². The molecule has 0 aliphatic carbocycles. The smallest absolute Gasteiger partial charge is 0.338 e. The van der Waals surface area contributed by atoms with Gasteiger partial charge in [0, 0.05) is 18.2 Å². The van der Waals surface area contributed by atoms with Gasteiger partial charge in [0.1, 0.15) is 18.1 Å². The Hall–Kier alpha value is -2.90. The average molecular weight is 319 g/mol. The molecule has 1 aliphatic rings. The van der Waals surface area contributed by atoms with E-state index in [1.165, 1.54) is 35.3 Å². The molecular formula is C15H14FN3O4. The molecule has 0 bridgehead atoms. The normalized spacial score (nSPS) is 16.3. The third-order valence-corrected chi connectivity index (χ3v) is 3.53. The van der Waals surface area contributed by atoms with Crippen LogP contribution < -0.4 is 10.1 Å². The molecule has 1 aromatic heterocycles. The van der Waals surface area contributed by atoms with Gasteiger partial charge in [0.25, 0.3) is 0 Å². The summed E-state index contributed by atoms with van der Waals surface area (Å²) in [6.07, 6.45) is 2.98. The standard InChI is InChI=1S/C15H14FN3O4/c16-10-1-2-13-11(5-10)12(3-4-23-13)18-14(20)8-19-7-9(6-17-19)15(21)22/h1-2,5-7,12H,3-4,8H2,(H,18,20)(H,21,22). The number of aromatic nitrogens is 2. The number of halogens is 1. The maximum atomic E-state index is 13.4. The van der Waals surface area contributed by atoms with Crippen LogP contribution >= 0.6 is 0 Å². The summed E-state index contributed by atoms with van der Waals surface area (Å²) in [6.45, 7) is 0.309. The number of aromatic carboxylic acids is 1. The highest BCUT2D eigenvalue weighted by Gasteiger charge is 2.23. The van der Waals surface area contributed by atoms with Crippen molar-refractivity contribution in [3.05, 3.63) is 47.5 Å². The summed E-state index contributed by atoms with van der Waals surface area (Å²) in [5.41, 5.74) is 0.604. The van der Waals surface area contributed by atoms with Crippen LogP contribution in [0.25, 0.3) is 0 Å². The Morgan fingerprint density at radius 1 is 1.48 bits per heavy atom. The van der Waals surface area contributed by atoms with Gasteiger partial charge >= 0.3 is 5.97 Å². The van der Waals surface area contributed by atoms with E-state index in [-0.39, 0.29) is 24.1 Å². The first-order valence-corrected chi connectivity index (χ1v) is 7.00. The average Bonchev–Trinajstić information content (AvgIpc) is 2.96. The number of rotatable bonds is 4. The molecule has 120 valence electrons. The number of carbonyl (C=O) groups is 2. The molecule has 0 fully saturated rings. The Morgan fingerprint density at radius 3 is 3.04 bits per heavy atom. The minimum Gasteiger partial charge on any atom is -0.493 e. The maximum absolute atomic E-state index is 13.4. The van der Waals surface area contributed by atoms with Gasteiger partial charge in [-0.2, -0.15) is 5.10 Å². The molecule has 1 unspecified atom stereocenters. The van der Waals surface area contributed by atoms with E-state index in [9.17, 15) is 14.0 Å². The number of nitrogens with zero attached hydrogens (tertiary/aromatic N) is 2. The molecule has 3 rings (SSSR count). The van der Waals surface area contributed by atoms with Crippen LogP contribution in [0.5, 0.6) is 5.75 Å². The number of hydrogen-bond donors (Lipinski definition) is 2. The topological polar surface area (TPSA) is 93.5 Å². The summed E-state index contributed by atoms with van der Waals surface area (Å²) in [5.74, 6) is -1.29. The molecule has 2 aromatic rings. The molecule has 2 heterocycles. The zero-order valence-corrected chi connectivity index (χ0v) is 12.0. The number of carboxylic acid groups (broad SMARTS) is 1. The van der Waals surface area contributed by atoms with Gasteiger partial charge < -0.3 is 15.2 Å². The lowest BCUT2D eigenvalue weighted by Gasteiger charge is -2.26. The summed E-state index contributed by atoms with van der Waals surface area (Å²) >= 11 is 0. The lowest BCUT2D eigenvalue weighted by molar-refractivity contribution is -0.122. The van der Waals surface area contributed by atoms with Crippen molar-refractivity contribution in [3.63, 3.8) is 0 Å². The zero-order chi connectivity index (χ0) is 16.4. The van der Waals surface area contributed by atoms with E-state index >= 15 is 0 Å². The van der Waals surface area contributed by atoms with Crippen LogP contribution in [0, 0.1) is 5.82 Å². The van der Waals surface area contributed by atoms with Crippen molar-refractivity contribution in [2.45, 2.75) is 19.0 Å². The number of hydrogen-bond acceptors (Lipinski definition) is 4. The number of fused-ring (bicyclic) bond motifs is 1. The molecule has 0 spiro atoms. The van der Waals surface area contributed by atoms with Crippen molar-refractivity contribution in [3.8, 4) is 5.75 Å². The molecule has 0 saturated carbocycles. The summed E-state index contributed by atoms with van der Waals surface area (Å²) in [7, 11) is 0. The Bertz CT molecular complexity index is 759. The predicted octanol–water partition coefficient (Wildman–Crippen LogP) is 1.36. The van der Waals surface area contributed by atoms with Gasteiger partial charge in [-0.15, -0.1) is 0 Å². The fraction of sp³-hybridized carbons (Fsp3) is 0.267. The van der Waals surface area contributed by atoms with Gasteiger partial charge in [0.05, 0.1) is 24.4 Å². The second-order valence-corrected chi connectivity index (χ2v) is 5.17. The monoisotopic (exact) mass is 319 g/mol. The Morgan fingerprint density at radius 2 is 2.30 bits per heavy atom. The van der Waals surface area contributed by atoms with Crippen LogP contribution in [0.3, 0.4) is 0 Å². The molecule has 1 aliphatic heterocycles. The van der Waals surface area contributed by atoms with Gasteiger partial charge in [-0.3, -0.25) is 9.48 Å². The number of carbonyl (C=O) groups excluding carboxylic acids is 1. The summed E-state index contributed by atoms with van der Waals surface area (Å²) in [6, 6.07) is 3.84. The number of ether oxygens (including phenoxy) is 1. The highest BCUT2D eigenvalue weighted by Crippen LogP contribution is 2.32. The fourth-order valence-corrected chi connectivity index (χ4v) is 2.46. The molecule has 1 atom stereocenters. The third-order valence-electron chi connectivity index (χ3n) is 3.53. The van der Waals surface area contributed by atoms with Crippen molar-refractivity contribution in [2.75, 3.05) is 6.61 Å². The molecule has 23 heavy (non-hydrogen) atoms. The van der Waals surface area contributed by atoms with Gasteiger partial charge in [-0.05, 0) is 18.2 Å². The van der Waals surface area contributed by atoms with Crippen molar-refractivity contribution < 1.29 is 23.8 Å². The number of amides is 1. The lowest BCUT2D eigenvalue weighted by atomic mass is 10.0. The van der Waals surface area contributed by atoms with Crippen LogP contribution in [0.1, 0.15) is 28.4 Å². The van der Waals surface area contributed by atoms with Crippen LogP contribution in [0.4, 0.5) is 4.39 Å². The van der Waals surface area contributed by atoms with Crippen molar-refractivity contribution >= 4 is 11.9 Å². The summed E-state index contributed by atoms with van der Waals surface area (Å²) < 4.78 is 20.1. The minimum atomic E-state index is -1.11. The molecule has 8 heteroatoms. The van der Waals surface area contributed by atoms with E-state index in [4.69, 9.17) is 9.84 Å². The molecule has 7 nitrogen and oxygen atoms in total. The van der Waals surface area contributed by atoms with E-state index in [2.05, 4.69) is 10.4 Å². The van der Waals surface area contributed by atoms with Crippen LogP contribution in [-0.4, -0.2) is 33.4 Å². The molecule has 0 saturated heterocycles. The Kier molecular flexibility index (Phi) is 3.96. The van der Waals surface area contributed by atoms with Crippen LogP contribution in [0.2, 0.25) is 0 Å². The maximum Gasteiger partial charge on any atom is 0.338 e. The van der Waals surface area contributed by atoms with Gasteiger partial charge in [-0.25, -0.2) is 9.18 Å². The Balaban J connectivity index is 1.69. The van der Waals surface area contributed by atoms with Crippen LogP contribution in [-0.2, 0) is 11.3 Å². The number of carboxylic acids is 1. The molecule has 1 amide bonds. The first kappa shape index (κ1) is 15.0. The van der Waals surface area contributed by atoms with E-state index in [0.717, 1.165) is 0 Å². The SMILES string of the molecule is O=C(Cn1cc(C(=O)O)cn1)NC1CCOc2ccc(F)cc21. The number of benzene rings is 1. The molecular weight excluding hydrogens is 305 g/mol. The van der Waals surface area contributed by atoms with E-state index < -0.39 is 11.8 Å². The largest absolute Gasteiger partial charge is 0.493 e. The first-order valence-electron chi connectivity index (χ1n) is 7.00. The van der Waals surface area contributed by atoms with Gasteiger partial charge in [-0.1, -0.05) is 0 Å². The fourth-order valence-electron chi connectivity index (χ4n) is 2.46. The lowest BCUT2D eigenvalue weighted by Crippen LogP contribution is -2.34. The second-order valence-electron chi connectivity index (χ2n) is 5.17. The quantitative estimate of drug-likeness (QED) is 0.887. The van der Waals surface area contributed by atoms with E-state index in [1.807, 2.05) is 0 Å². The molecule has 0 radical (unpaired) electrons. The van der Waals surface area contributed by atoms with Gasteiger partial charge in [0.2, 0.25) is 5.91 Å². The minimum absolute atomic E-state index is 0.0104. The van der Waals surface area contributed by atoms with E-state index in [0.29, 0.717) is 24.3 Å². The highest BCUT2D eigenvalue weighted by molar-refractivity contribution is 5.87. The second kappa shape index (κ2) is 6.07. The Labute approximate surface area is 130 Å². The molecule has 1 aromatic carbocycles. The summed E-state index contributed by atoms with van der Waals surface area (Å²) in [5, 5.41) is 15.4. The van der Waals surface area contributed by atoms with Crippen molar-refractivity contribution in [2.24, 2.45) is 0 Å². The molecule has 2 N–H and O–H groups in total.